The average molecular weight is 637 g/mol. The Morgan fingerprint density at radius 2 is 1.15 bits per heavy atom. The number of anilines is 2. The first-order valence-electron chi connectivity index (χ1n) is 17.9. The Bertz CT molecular complexity index is 1290. The predicted octanol–water partition coefficient (Wildman–Crippen LogP) is 9.46. The standard InChI is InChI=1S/C20H34N2O.C18H28N2O.C2H6/c1-13(2)23-18-10-16(14(3)9-17(18)21)15-11-19(4,5)22(8)20(6,7)12-15;1-12-9-16(19)17(21-14-5-6-14)10-15(12)13-7-8-20(4)18(2,3)11-13;1-2/h9-10,13,15H,11-12,21H2,1-8H3;9-10,13-14H,5-8,11,19H2,1-4H3;1-2H3. The van der Waals surface area contributed by atoms with Crippen molar-refractivity contribution in [2.24, 2.45) is 0 Å². The third-order valence-corrected chi connectivity index (χ3v) is 10.8. The highest BCUT2D eigenvalue weighted by atomic mass is 16.5. The van der Waals surface area contributed by atoms with E-state index in [1.165, 1.54) is 47.9 Å². The molecule has 6 heteroatoms. The van der Waals surface area contributed by atoms with Gasteiger partial charge in [0.1, 0.15) is 11.5 Å². The highest BCUT2D eigenvalue weighted by Crippen LogP contribution is 2.47. The number of nitrogen functional groups attached to an aromatic ring is 2. The van der Waals surface area contributed by atoms with Crippen LogP contribution < -0.4 is 20.9 Å². The Morgan fingerprint density at radius 3 is 1.63 bits per heavy atom. The zero-order chi connectivity index (χ0) is 34.8. The van der Waals surface area contributed by atoms with Gasteiger partial charge in [0.15, 0.2) is 0 Å². The van der Waals surface area contributed by atoms with Crippen molar-refractivity contribution >= 4 is 11.4 Å². The molecule has 0 radical (unpaired) electrons. The van der Waals surface area contributed by atoms with Crippen LogP contribution in [0.15, 0.2) is 24.3 Å². The van der Waals surface area contributed by atoms with Gasteiger partial charge in [0.25, 0.3) is 0 Å². The fraction of sp³-hybridized carbons (Fsp3) is 0.700. The van der Waals surface area contributed by atoms with E-state index in [1.54, 1.807) is 0 Å². The minimum atomic E-state index is 0.137. The number of rotatable bonds is 6. The Morgan fingerprint density at radius 1 is 0.696 bits per heavy atom. The fourth-order valence-electron chi connectivity index (χ4n) is 7.53. The summed E-state index contributed by atoms with van der Waals surface area (Å²) < 4.78 is 11.9. The average Bonchev–Trinajstić information content (AvgIpc) is 3.77. The SMILES string of the molecule is CC.Cc1cc(N)c(OC(C)C)cc1C1CC(C)(C)N(C)C(C)(C)C1.Cc1cc(N)c(OC2CC2)cc1C1CCN(C)C(C)(C)C1. The van der Waals surface area contributed by atoms with Crippen LogP contribution in [0.5, 0.6) is 11.5 Å². The van der Waals surface area contributed by atoms with Crippen molar-refractivity contribution in [1.29, 1.82) is 0 Å². The Hall–Kier alpha value is -2.44. The van der Waals surface area contributed by atoms with Gasteiger partial charge in [-0.2, -0.15) is 0 Å². The molecule has 0 amide bonds. The summed E-state index contributed by atoms with van der Waals surface area (Å²) in [5, 5.41) is 0. The number of hydrogen-bond acceptors (Lipinski definition) is 6. The summed E-state index contributed by atoms with van der Waals surface area (Å²) in [4.78, 5) is 4.99. The monoisotopic (exact) mass is 637 g/mol. The van der Waals surface area contributed by atoms with Crippen molar-refractivity contribution < 1.29 is 9.47 Å². The number of hydrogen-bond donors (Lipinski definition) is 2. The van der Waals surface area contributed by atoms with Gasteiger partial charge in [0.2, 0.25) is 0 Å². The molecular weight excluding hydrogens is 568 g/mol. The fourth-order valence-corrected chi connectivity index (χ4v) is 7.53. The molecular formula is C40H68N4O2. The molecule has 2 aromatic rings. The zero-order valence-electron chi connectivity index (χ0n) is 31.9. The number of ether oxygens (including phenoxy) is 2. The molecule has 5 rings (SSSR count). The summed E-state index contributed by atoms with van der Waals surface area (Å²) >= 11 is 0. The van der Waals surface area contributed by atoms with E-state index in [4.69, 9.17) is 20.9 Å². The normalized spacial score (nSPS) is 22.7. The molecule has 1 saturated carbocycles. The van der Waals surface area contributed by atoms with Gasteiger partial charge in [-0.15, -0.1) is 0 Å². The van der Waals surface area contributed by atoms with Gasteiger partial charge in [0, 0.05) is 16.6 Å². The molecule has 46 heavy (non-hydrogen) atoms. The van der Waals surface area contributed by atoms with Crippen LogP contribution in [0.4, 0.5) is 11.4 Å². The summed E-state index contributed by atoms with van der Waals surface area (Å²) in [5.41, 5.74) is 19.9. The molecule has 2 saturated heterocycles. The van der Waals surface area contributed by atoms with E-state index in [1.807, 2.05) is 27.7 Å². The van der Waals surface area contributed by atoms with E-state index >= 15 is 0 Å². The predicted molar refractivity (Wildman–Crippen MR) is 199 cm³/mol. The lowest BCUT2D eigenvalue weighted by Gasteiger charge is -2.54. The minimum absolute atomic E-state index is 0.137. The molecule has 1 unspecified atom stereocenters. The molecule has 2 aliphatic heterocycles. The maximum absolute atomic E-state index is 6.16. The topological polar surface area (TPSA) is 77.0 Å². The van der Waals surface area contributed by atoms with E-state index in [2.05, 4.69) is 104 Å². The number of likely N-dealkylation sites (tertiary alicyclic amines) is 2. The highest BCUT2D eigenvalue weighted by Gasteiger charge is 2.43. The first-order chi connectivity index (χ1) is 21.3. The molecule has 1 atom stereocenters. The summed E-state index contributed by atoms with van der Waals surface area (Å²) in [6.07, 6.45) is 7.59. The number of nitrogens with zero attached hydrogens (tertiary/aromatic N) is 2. The summed E-state index contributed by atoms with van der Waals surface area (Å²) in [6, 6.07) is 8.57. The molecule has 0 bridgehead atoms. The van der Waals surface area contributed by atoms with E-state index in [0.29, 0.717) is 17.9 Å². The second kappa shape index (κ2) is 14.8. The molecule has 6 nitrogen and oxygen atoms in total. The first kappa shape index (κ1) is 38.0. The minimum Gasteiger partial charge on any atom is -0.489 e. The van der Waals surface area contributed by atoms with Crippen molar-refractivity contribution in [2.75, 3.05) is 32.1 Å². The molecule has 4 N–H and O–H groups in total. The van der Waals surface area contributed by atoms with Crippen molar-refractivity contribution in [3.63, 3.8) is 0 Å². The molecule has 3 aliphatic rings. The van der Waals surface area contributed by atoms with Crippen LogP contribution in [-0.2, 0) is 0 Å². The maximum Gasteiger partial charge on any atom is 0.142 e. The van der Waals surface area contributed by atoms with Crippen LogP contribution in [0, 0.1) is 13.8 Å². The lowest BCUT2D eigenvalue weighted by atomic mass is 9.71. The number of aryl methyl sites for hydroxylation is 2. The van der Waals surface area contributed by atoms with Crippen molar-refractivity contribution in [3.8, 4) is 11.5 Å². The zero-order valence-corrected chi connectivity index (χ0v) is 31.9. The van der Waals surface area contributed by atoms with E-state index in [9.17, 15) is 0 Å². The molecule has 2 heterocycles. The Balaban J connectivity index is 0.000000238. The molecule has 3 fully saturated rings. The van der Waals surface area contributed by atoms with Gasteiger partial charge in [-0.05, 0) is 187 Å². The van der Waals surface area contributed by atoms with Crippen LogP contribution >= 0.6 is 0 Å². The van der Waals surface area contributed by atoms with Gasteiger partial charge in [-0.1, -0.05) is 13.8 Å². The van der Waals surface area contributed by atoms with Crippen LogP contribution in [0.3, 0.4) is 0 Å². The molecule has 1 aliphatic carbocycles. The largest absolute Gasteiger partial charge is 0.489 e. The van der Waals surface area contributed by atoms with E-state index in [-0.39, 0.29) is 22.7 Å². The lowest BCUT2D eigenvalue weighted by molar-refractivity contribution is -0.0129. The molecule has 260 valence electrons. The van der Waals surface area contributed by atoms with Gasteiger partial charge in [0.05, 0.1) is 23.6 Å². The van der Waals surface area contributed by atoms with Crippen LogP contribution in [0.1, 0.15) is 142 Å². The molecule has 2 aromatic carbocycles. The second-order valence-electron chi connectivity index (χ2n) is 16.2. The van der Waals surface area contributed by atoms with Crippen LogP contribution in [0.25, 0.3) is 0 Å². The van der Waals surface area contributed by atoms with Crippen molar-refractivity contribution in [3.05, 3.63) is 46.5 Å². The Kier molecular flexibility index (Phi) is 12.2. The molecule has 0 spiro atoms. The van der Waals surface area contributed by atoms with Gasteiger partial charge in [-0.25, -0.2) is 0 Å². The quantitative estimate of drug-likeness (QED) is 0.308. The lowest BCUT2D eigenvalue weighted by Crippen LogP contribution is -2.58. The Labute approximate surface area is 282 Å². The third kappa shape index (κ3) is 9.13. The van der Waals surface area contributed by atoms with E-state index in [0.717, 1.165) is 42.3 Å². The summed E-state index contributed by atoms with van der Waals surface area (Å²) in [6.45, 7) is 27.7. The number of nitrogens with two attached hydrogens (primary N) is 2. The van der Waals surface area contributed by atoms with Gasteiger partial charge >= 0.3 is 0 Å². The third-order valence-electron chi connectivity index (χ3n) is 10.8. The van der Waals surface area contributed by atoms with Crippen LogP contribution in [-0.4, -0.2) is 59.3 Å². The summed E-state index contributed by atoms with van der Waals surface area (Å²) in [5.74, 6) is 2.87. The first-order valence-corrected chi connectivity index (χ1v) is 17.9. The highest BCUT2D eigenvalue weighted by molar-refractivity contribution is 5.58. The maximum atomic E-state index is 6.16. The summed E-state index contributed by atoms with van der Waals surface area (Å²) in [7, 11) is 4.48. The van der Waals surface area contributed by atoms with Crippen molar-refractivity contribution in [1.82, 2.24) is 9.80 Å². The van der Waals surface area contributed by atoms with Gasteiger partial charge < -0.3 is 25.8 Å². The van der Waals surface area contributed by atoms with Gasteiger partial charge in [-0.3, -0.25) is 4.90 Å². The number of piperidine rings is 2. The smallest absolute Gasteiger partial charge is 0.142 e. The molecule has 0 aromatic heterocycles. The van der Waals surface area contributed by atoms with Crippen LogP contribution in [0.2, 0.25) is 0 Å². The second-order valence-corrected chi connectivity index (χ2v) is 16.2. The van der Waals surface area contributed by atoms with Crippen molar-refractivity contribution in [2.45, 2.75) is 162 Å². The van der Waals surface area contributed by atoms with E-state index < -0.39 is 0 Å². The number of benzene rings is 2.